The number of hydrogen-bond acceptors (Lipinski definition) is 3. The fourth-order valence-electron chi connectivity index (χ4n) is 2.19. The van der Waals surface area contributed by atoms with Crippen LogP contribution in [0.5, 0.6) is 0 Å². The van der Waals surface area contributed by atoms with Crippen LogP contribution in [0.15, 0.2) is 30.3 Å². The molecule has 0 radical (unpaired) electrons. The maximum Gasteiger partial charge on any atom is 0.244 e. The molecule has 0 saturated carbocycles. The Bertz CT molecular complexity index is 447. The van der Waals surface area contributed by atoms with Crippen molar-refractivity contribution in [1.82, 2.24) is 4.90 Å². The van der Waals surface area contributed by atoms with Crippen molar-refractivity contribution in [3.8, 4) is 0 Å². The van der Waals surface area contributed by atoms with Gasteiger partial charge in [-0.3, -0.25) is 9.59 Å². The summed E-state index contributed by atoms with van der Waals surface area (Å²) in [7, 11) is 0. The molecule has 2 rings (SSSR count). The topological polar surface area (TPSA) is 89.4 Å². The second-order valence-electron chi connectivity index (χ2n) is 4.56. The van der Waals surface area contributed by atoms with E-state index in [2.05, 4.69) is 0 Å². The van der Waals surface area contributed by atoms with Crippen molar-refractivity contribution in [2.75, 3.05) is 13.1 Å². The summed E-state index contributed by atoms with van der Waals surface area (Å²) in [4.78, 5) is 24.8. The van der Waals surface area contributed by atoms with Crippen LogP contribution in [0.2, 0.25) is 0 Å². The van der Waals surface area contributed by atoms with Crippen molar-refractivity contribution in [2.45, 2.75) is 12.5 Å². The summed E-state index contributed by atoms with van der Waals surface area (Å²) in [6, 6.07) is 8.55. The van der Waals surface area contributed by atoms with Gasteiger partial charge in [-0.25, -0.2) is 0 Å². The van der Waals surface area contributed by atoms with Crippen LogP contribution in [-0.4, -0.2) is 29.8 Å². The van der Waals surface area contributed by atoms with E-state index in [0.29, 0.717) is 19.5 Å². The highest BCUT2D eigenvalue weighted by Gasteiger charge is 2.32. The lowest BCUT2D eigenvalue weighted by Gasteiger charge is -2.20. The molecule has 0 aromatic heterocycles. The second kappa shape index (κ2) is 5.18. The molecule has 1 aliphatic rings. The van der Waals surface area contributed by atoms with E-state index in [1.807, 2.05) is 30.3 Å². The maximum atomic E-state index is 12.2. The highest BCUT2D eigenvalue weighted by Crippen LogP contribution is 2.20. The first kappa shape index (κ1) is 12.6. The Morgan fingerprint density at radius 2 is 1.94 bits per heavy atom. The summed E-state index contributed by atoms with van der Waals surface area (Å²) >= 11 is 0. The lowest BCUT2D eigenvalue weighted by atomic mass is 10.1. The summed E-state index contributed by atoms with van der Waals surface area (Å²) in [6.45, 7) is 0.932. The van der Waals surface area contributed by atoms with Gasteiger partial charge in [0.05, 0.1) is 5.92 Å². The number of rotatable bonds is 3. The van der Waals surface area contributed by atoms with Gasteiger partial charge in [0.1, 0.15) is 6.04 Å². The maximum absolute atomic E-state index is 12.2. The van der Waals surface area contributed by atoms with Crippen LogP contribution in [0, 0.1) is 5.92 Å². The third-order valence-corrected chi connectivity index (χ3v) is 3.33. The van der Waals surface area contributed by atoms with E-state index in [-0.39, 0.29) is 17.7 Å². The molecule has 1 saturated heterocycles. The Balaban J connectivity index is 2.02. The summed E-state index contributed by atoms with van der Waals surface area (Å²) < 4.78 is 0. The fourth-order valence-corrected chi connectivity index (χ4v) is 2.19. The lowest BCUT2D eigenvalue weighted by Crippen LogP contribution is -2.38. The highest BCUT2D eigenvalue weighted by molar-refractivity contribution is 5.85. The second-order valence-corrected chi connectivity index (χ2v) is 4.56. The minimum atomic E-state index is -0.669. The zero-order valence-electron chi connectivity index (χ0n) is 10.1. The van der Waals surface area contributed by atoms with Crippen molar-refractivity contribution < 1.29 is 9.59 Å². The molecule has 2 atom stereocenters. The summed E-state index contributed by atoms with van der Waals surface area (Å²) in [6.07, 6.45) is 0.628. The van der Waals surface area contributed by atoms with Crippen LogP contribution in [0.1, 0.15) is 18.0 Å². The third-order valence-electron chi connectivity index (χ3n) is 3.33. The highest BCUT2D eigenvalue weighted by atomic mass is 16.2. The molecule has 0 aliphatic carbocycles. The molecule has 5 nitrogen and oxygen atoms in total. The number of amides is 2. The van der Waals surface area contributed by atoms with Gasteiger partial charge in [-0.2, -0.15) is 0 Å². The van der Waals surface area contributed by atoms with E-state index in [0.717, 1.165) is 5.56 Å². The number of hydrogen-bond donors (Lipinski definition) is 2. The Labute approximate surface area is 106 Å². The lowest BCUT2D eigenvalue weighted by molar-refractivity contribution is -0.132. The monoisotopic (exact) mass is 247 g/mol. The zero-order chi connectivity index (χ0) is 13.1. The molecule has 2 amide bonds. The van der Waals surface area contributed by atoms with Crippen LogP contribution in [0.25, 0.3) is 0 Å². The van der Waals surface area contributed by atoms with Gasteiger partial charge in [0.2, 0.25) is 11.8 Å². The van der Waals surface area contributed by atoms with E-state index in [4.69, 9.17) is 11.5 Å². The minimum absolute atomic E-state index is 0.148. The van der Waals surface area contributed by atoms with Crippen molar-refractivity contribution >= 4 is 11.8 Å². The minimum Gasteiger partial charge on any atom is -0.369 e. The number of carbonyl (C=O) groups is 2. The molecule has 1 heterocycles. The van der Waals surface area contributed by atoms with Crippen molar-refractivity contribution in [2.24, 2.45) is 17.4 Å². The summed E-state index contributed by atoms with van der Waals surface area (Å²) in [5.74, 6) is -0.736. The van der Waals surface area contributed by atoms with Crippen molar-refractivity contribution in [3.63, 3.8) is 0 Å². The number of nitrogens with zero attached hydrogens (tertiary/aromatic N) is 1. The van der Waals surface area contributed by atoms with Gasteiger partial charge in [0.15, 0.2) is 0 Å². The molecule has 96 valence electrons. The Morgan fingerprint density at radius 1 is 1.28 bits per heavy atom. The Hall–Kier alpha value is -1.88. The van der Waals surface area contributed by atoms with Gasteiger partial charge in [-0.1, -0.05) is 30.3 Å². The van der Waals surface area contributed by atoms with Crippen molar-refractivity contribution in [3.05, 3.63) is 35.9 Å². The largest absolute Gasteiger partial charge is 0.369 e. The smallest absolute Gasteiger partial charge is 0.244 e. The van der Waals surface area contributed by atoms with Gasteiger partial charge in [-0.05, 0) is 12.0 Å². The fraction of sp³-hybridized carbons (Fsp3) is 0.385. The molecular weight excluding hydrogens is 230 g/mol. The predicted octanol–water partition coefficient (Wildman–Crippen LogP) is 0.0202. The van der Waals surface area contributed by atoms with Crippen molar-refractivity contribution in [1.29, 1.82) is 0 Å². The molecule has 4 N–H and O–H groups in total. The molecule has 18 heavy (non-hydrogen) atoms. The van der Waals surface area contributed by atoms with E-state index in [9.17, 15) is 9.59 Å². The van der Waals surface area contributed by atoms with E-state index < -0.39 is 6.04 Å². The van der Waals surface area contributed by atoms with Crippen LogP contribution >= 0.6 is 0 Å². The number of primary amides is 1. The molecule has 1 fully saturated rings. The average molecular weight is 247 g/mol. The molecule has 1 unspecified atom stereocenters. The van der Waals surface area contributed by atoms with Crippen LogP contribution in [-0.2, 0) is 9.59 Å². The molecule has 1 aromatic rings. The van der Waals surface area contributed by atoms with E-state index >= 15 is 0 Å². The number of benzene rings is 1. The molecule has 0 spiro atoms. The van der Waals surface area contributed by atoms with E-state index in [1.165, 1.54) is 0 Å². The zero-order valence-corrected chi connectivity index (χ0v) is 10.1. The molecule has 0 bridgehead atoms. The van der Waals surface area contributed by atoms with Gasteiger partial charge in [0, 0.05) is 13.1 Å². The van der Waals surface area contributed by atoms with Gasteiger partial charge < -0.3 is 16.4 Å². The first-order valence-corrected chi connectivity index (χ1v) is 5.98. The summed E-state index contributed by atoms with van der Waals surface area (Å²) in [5, 5.41) is 0. The van der Waals surface area contributed by atoms with Crippen LogP contribution < -0.4 is 11.5 Å². The van der Waals surface area contributed by atoms with Gasteiger partial charge in [-0.15, -0.1) is 0 Å². The normalized spacial score (nSPS) is 20.7. The summed E-state index contributed by atoms with van der Waals surface area (Å²) in [5.41, 5.74) is 12.0. The predicted molar refractivity (Wildman–Crippen MR) is 67.3 cm³/mol. The molecule has 1 aliphatic heterocycles. The number of carbonyl (C=O) groups excluding carboxylic acids is 2. The first-order valence-electron chi connectivity index (χ1n) is 5.98. The Kier molecular flexibility index (Phi) is 3.62. The Morgan fingerprint density at radius 3 is 2.50 bits per heavy atom. The number of nitrogens with two attached hydrogens (primary N) is 2. The third kappa shape index (κ3) is 2.51. The molecule has 1 aromatic carbocycles. The van der Waals surface area contributed by atoms with E-state index in [1.54, 1.807) is 4.90 Å². The first-order chi connectivity index (χ1) is 8.59. The quantitative estimate of drug-likeness (QED) is 0.789. The average Bonchev–Trinajstić information content (AvgIpc) is 2.88. The number of likely N-dealkylation sites (tertiary alicyclic amines) is 1. The van der Waals surface area contributed by atoms with Gasteiger partial charge in [0.25, 0.3) is 0 Å². The molecule has 5 heteroatoms. The van der Waals surface area contributed by atoms with Crippen LogP contribution in [0.3, 0.4) is 0 Å². The van der Waals surface area contributed by atoms with Gasteiger partial charge >= 0.3 is 0 Å². The SMILES string of the molecule is NC(=O)C1CCN(C(=O)[C@H](N)c2ccccc2)C1. The molecular formula is C13H17N3O2. The van der Waals surface area contributed by atoms with Crippen LogP contribution in [0.4, 0.5) is 0 Å². The standard InChI is InChI=1S/C13H17N3O2/c14-11(9-4-2-1-3-5-9)13(18)16-7-6-10(8-16)12(15)17/h1-5,10-11H,6-8,14H2,(H2,15,17)/t10?,11-/m1/s1.